The van der Waals surface area contributed by atoms with Crippen molar-refractivity contribution in [3.05, 3.63) is 35.4 Å². The van der Waals surface area contributed by atoms with E-state index in [4.69, 9.17) is 5.73 Å². The standard InChI is InChI=1S/C12H18N2O.ClH/c1-9-3-5-11(6-4-9)7-8-14-12(15)10(2)13;/h3-6,10H,7-8,13H2,1-2H3,(H,14,15);1H/t10-;/m1./s1. The summed E-state index contributed by atoms with van der Waals surface area (Å²) in [4.78, 5) is 11.2. The topological polar surface area (TPSA) is 55.1 Å². The summed E-state index contributed by atoms with van der Waals surface area (Å²) in [5.74, 6) is -0.0953. The average Bonchev–Trinajstić information content (AvgIpc) is 2.20. The Balaban J connectivity index is 0.00000225. The van der Waals surface area contributed by atoms with E-state index >= 15 is 0 Å². The maximum Gasteiger partial charge on any atom is 0.236 e. The third-order valence-corrected chi connectivity index (χ3v) is 2.25. The molecule has 0 saturated heterocycles. The van der Waals surface area contributed by atoms with Crippen LogP contribution in [-0.4, -0.2) is 18.5 Å². The van der Waals surface area contributed by atoms with E-state index in [1.807, 2.05) is 0 Å². The Morgan fingerprint density at radius 1 is 1.38 bits per heavy atom. The van der Waals surface area contributed by atoms with Gasteiger partial charge in [0, 0.05) is 6.54 Å². The lowest BCUT2D eigenvalue weighted by atomic mass is 10.1. The zero-order valence-electron chi connectivity index (χ0n) is 9.69. The maximum atomic E-state index is 11.2. The molecule has 0 unspecified atom stereocenters. The molecule has 4 heteroatoms. The highest BCUT2D eigenvalue weighted by atomic mass is 35.5. The number of halogens is 1. The molecule has 0 aliphatic carbocycles. The normalized spacial score (nSPS) is 11.4. The molecule has 0 aliphatic heterocycles. The molecule has 0 spiro atoms. The SMILES string of the molecule is Cc1ccc(CCNC(=O)[C@@H](C)N)cc1.Cl. The molecule has 0 radical (unpaired) electrons. The van der Waals surface area contributed by atoms with E-state index in [1.165, 1.54) is 11.1 Å². The third kappa shape index (κ3) is 5.14. The molecule has 1 aromatic rings. The first-order valence-electron chi connectivity index (χ1n) is 5.18. The molecule has 0 heterocycles. The Hall–Kier alpha value is -1.06. The van der Waals surface area contributed by atoms with E-state index in [-0.39, 0.29) is 18.3 Å². The van der Waals surface area contributed by atoms with Crippen LogP contribution in [0.4, 0.5) is 0 Å². The van der Waals surface area contributed by atoms with Gasteiger partial charge in [-0.15, -0.1) is 12.4 Å². The number of nitrogens with one attached hydrogen (secondary N) is 1. The fourth-order valence-corrected chi connectivity index (χ4v) is 1.25. The van der Waals surface area contributed by atoms with Crippen LogP contribution in [0.25, 0.3) is 0 Å². The second-order valence-corrected chi connectivity index (χ2v) is 3.82. The average molecular weight is 243 g/mol. The van der Waals surface area contributed by atoms with Crippen molar-refractivity contribution in [2.45, 2.75) is 26.3 Å². The van der Waals surface area contributed by atoms with Crippen LogP contribution in [0.5, 0.6) is 0 Å². The van der Waals surface area contributed by atoms with E-state index in [0.717, 1.165) is 6.42 Å². The van der Waals surface area contributed by atoms with Gasteiger partial charge in [0.2, 0.25) is 5.91 Å². The minimum atomic E-state index is -0.428. The number of nitrogens with two attached hydrogens (primary N) is 1. The molecule has 1 rings (SSSR count). The first-order valence-corrected chi connectivity index (χ1v) is 5.18. The van der Waals surface area contributed by atoms with Crippen molar-refractivity contribution in [1.82, 2.24) is 5.32 Å². The molecule has 3 N–H and O–H groups in total. The van der Waals surface area contributed by atoms with Crippen LogP contribution in [0.3, 0.4) is 0 Å². The van der Waals surface area contributed by atoms with E-state index in [1.54, 1.807) is 6.92 Å². The Labute approximate surface area is 103 Å². The molecule has 0 aromatic heterocycles. The zero-order valence-corrected chi connectivity index (χ0v) is 10.5. The second-order valence-electron chi connectivity index (χ2n) is 3.82. The lowest BCUT2D eigenvalue weighted by Gasteiger charge is -2.07. The number of hydrogen-bond acceptors (Lipinski definition) is 2. The van der Waals surface area contributed by atoms with Gasteiger partial charge in [0.1, 0.15) is 0 Å². The van der Waals surface area contributed by atoms with E-state index in [2.05, 4.69) is 36.5 Å². The van der Waals surface area contributed by atoms with Gasteiger partial charge in [-0.1, -0.05) is 29.8 Å². The Morgan fingerprint density at radius 2 is 1.94 bits per heavy atom. The van der Waals surface area contributed by atoms with E-state index in [0.29, 0.717) is 6.54 Å². The molecular weight excluding hydrogens is 224 g/mol. The van der Waals surface area contributed by atoms with Gasteiger partial charge >= 0.3 is 0 Å². The Bertz CT molecular complexity index is 322. The lowest BCUT2D eigenvalue weighted by Crippen LogP contribution is -2.39. The van der Waals surface area contributed by atoms with Crippen LogP contribution in [0, 0.1) is 6.92 Å². The predicted molar refractivity (Wildman–Crippen MR) is 68.8 cm³/mol. The number of hydrogen-bond donors (Lipinski definition) is 2. The number of aryl methyl sites for hydroxylation is 1. The first kappa shape index (κ1) is 14.9. The van der Waals surface area contributed by atoms with Gasteiger partial charge in [-0.25, -0.2) is 0 Å². The third-order valence-electron chi connectivity index (χ3n) is 2.25. The van der Waals surface area contributed by atoms with Gasteiger partial charge in [0.25, 0.3) is 0 Å². The van der Waals surface area contributed by atoms with Gasteiger partial charge in [0.15, 0.2) is 0 Å². The molecule has 90 valence electrons. The maximum absolute atomic E-state index is 11.2. The van der Waals surface area contributed by atoms with Crippen molar-refractivity contribution in [2.24, 2.45) is 5.73 Å². The smallest absolute Gasteiger partial charge is 0.236 e. The fourth-order valence-electron chi connectivity index (χ4n) is 1.25. The summed E-state index contributed by atoms with van der Waals surface area (Å²) in [5, 5.41) is 2.78. The van der Waals surface area contributed by atoms with Crippen LogP contribution >= 0.6 is 12.4 Å². The summed E-state index contributed by atoms with van der Waals surface area (Å²) in [6, 6.07) is 7.87. The molecule has 0 aliphatic rings. The largest absolute Gasteiger partial charge is 0.354 e. The molecule has 1 aromatic carbocycles. The number of carbonyl (C=O) groups excluding carboxylic acids is 1. The number of carbonyl (C=O) groups is 1. The molecule has 0 bridgehead atoms. The van der Waals surface area contributed by atoms with Crippen molar-refractivity contribution in [2.75, 3.05) is 6.54 Å². The van der Waals surface area contributed by atoms with Crippen LogP contribution in [0.15, 0.2) is 24.3 Å². The molecule has 0 fully saturated rings. The number of benzene rings is 1. The van der Waals surface area contributed by atoms with Gasteiger partial charge in [-0.3, -0.25) is 4.79 Å². The predicted octanol–water partition coefficient (Wildman–Crippen LogP) is 1.42. The number of amides is 1. The van der Waals surface area contributed by atoms with Gasteiger partial charge in [-0.2, -0.15) is 0 Å². The van der Waals surface area contributed by atoms with Crippen molar-refractivity contribution in [1.29, 1.82) is 0 Å². The monoisotopic (exact) mass is 242 g/mol. The van der Waals surface area contributed by atoms with Gasteiger partial charge in [0.05, 0.1) is 6.04 Å². The lowest BCUT2D eigenvalue weighted by molar-refractivity contribution is -0.121. The van der Waals surface area contributed by atoms with Crippen LogP contribution in [0.2, 0.25) is 0 Å². The van der Waals surface area contributed by atoms with Crippen molar-refractivity contribution >= 4 is 18.3 Å². The summed E-state index contributed by atoms with van der Waals surface area (Å²) in [6.45, 7) is 4.38. The molecule has 3 nitrogen and oxygen atoms in total. The van der Waals surface area contributed by atoms with Crippen molar-refractivity contribution in [3.8, 4) is 0 Å². The summed E-state index contributed by atoms with van der Waals surface area (Å²) in [5.41, 5.74) is 7.90. The summed E-state index contributed by atoms with van der Waals surface area (Å²) < 4.78 is 0. The molecule has 16 heavy (non-hydrogen) atoms. The Kier molecular flexibility index (Phi) is 6.77. The summed E-state index contributed by atoms with van der Waals surface area (Å²) in [6.07, 6.45) is 0.846. The Morgan fingerprint density at radius 3 is 2.44 bits per heavy atom. The second kappa shape index (κ2) is 7.25. The van der Waals surface area contributed by atoms with E-state index < -0.39 is 6.04 Å². The molecule has 1 atom stereocenters. The van der Waals surface area contributed by atoms with Crippen molar-refractivity contribution < 1.29 is 4.79 Å². The molecule has 0 saturated carbocycles. The molecular formula is C12H19ClN2O. The summed E-state index contributed by atoms with van der Waals surface area (Å²) in [7, 11) is 0. The van der Waals surface area contributed by atoms with E-state index in [9.17, 15) is 4.79 Å². The highest BCUT2D eigenvalue weighted by Gasteiger charge is 2.05. The van der Waals surface area contributed by atoms with Crippen molar-refractivity contribution in [3.63, 3.8) is 0 Å². The van der Waals surface area contributed by atoms with Gasteiger partial charge < -0.3 is 11.1 Å². The highest BCUT2D eigenvalue weighted by Crippen LogP contribution is 2.02. The molecule has 1 amide bonds. The fraction of sp³-hybridized carbons (Fsp3) is 0.417. The minimum absolute atomic E-state index is 0. The minimum Gasteiger partial charge on any atom is -0.354 e. The van der Waals surface area contributed by atoms with Crippen LogP contribution in [0.1, 0.15) is 18.1 Å². The van der Waals surface area contributed by atoms with Crippen LogP contribution in [-0.2, 0) is 11.2 Å². The summed E-state index contributed by atoms with van der Waals surface area (Å²) >= 11 is 0. The zero-order chi connectivity index (χ0) is 11.3. The van der Waals surface area contributed by atoms with Crippen LogP contribution < -0.4 is 11.1 Å². The highest BCUT2D eigenvalue weighted by molar-refractivity contribution is 5.85. The quantitative estimate of drug-likeness (QED) is 0.839. The van der Waals surface area contributed by atoms with Gasteiger partial charge in [-0.05, 0) is 25.8 Å². The first-order chi connectivity index (χ1) is 7.09. The number of rotatable bonds is 4.